The molecule has 0 fully saturated rings. The lowest BCUT2D eigenvalue weighted by Gasteiger charge is -2.11. The van der Waals surface area contributed by atoms with Crippen LogP contribution in [0.2, 0.25) is 0 Å². The largest absolute Gasteiger partial charge is 0.172 e. The van der Waals surface area contributed by atoms with Crippen LogP contribution >= 0.6 is 34.4 Å². The summed E-state index contributed by atoms with van der Waals surface area (Å²) in [7, 11) is 0. The molecule has 0 aliphatic heterocycles. The Balaban J connectivity index is 1.40. The van der Waals surface area contributed by atoms with E-state index < -0.39 is 0 Å². The number of fused-ring (bicyclic) bond motifs is 1. The number of hydrogen-bond donors (Lipinski definition) is 0. The van der Waals surface area contributed by atoms with E-state index in [-0.39, 0.29) is 0 Å². The zero-order valence-electron chi connectivity index (χ0n) is 27.9. The number of benzene rings is 1. The molecular weight excluding hydrogens is 581 g/mol. The Kier molecular flexibility index (Phi) is 14.2. The first-order valence-corrected chi connectivity index (χ1v) is 19.7. The fourth-order valence-electron chi connectivity index (χ4n) is 6.48. The van der Waals surface area contributed by atoms with Crippen molar-refractivity contribution in [2.75, 3.05) is 0 Å². The maximum atomic E-state index is 4.83. The van der Waals surface area contributed by atoms with Crippen molar-refractivity contribution >= 4 is 45.4 Å². The van der Waals surface area contributed by atoms with Crippen molar-refractivity contribution in [3.63, 3.8) is 0 Å². The smallest absolute Gasteiger partial charge is 0.114 e. The van der Waals surface area contributed by atoms with Crippen LogP contribution in [0.5, 0.6) is 0 Å². The van der Waals surface area contributed by atoms with Crippen LogP contribution in [-0.4, -0.2) is 8.75 Å². The van der Waals surface area contributed by atoms with Crippen molar-refractivity contribution < 1.29 is 0 Å². The summed E-state index contributed by atoms with van der Waals surface area (Å²) in [4.78, 5) is 5.60. The molecule has 0 spiro atoms. The number of nitrogens with zero attached hydrogens (tertiary/aromatic N) is 2. The molecule has 3 heterocycles. The molecule has 0 saturated carbocycles. The second kappa shape index (κ2) is 17.8. The molecule has 2 nitrogen and oxygen atoms in total. The lowest BCUT2D eigenvalue weighted by molar-refractivity contribution is 0.481. The van der Waals surface area contributed by atoms with Gasteiger partial charge in [-0.25, -0.2) is 0 Å². The van der Waals surface area contributed by atoms with Gasteiger partial charge in [-0.05, 0) is 61.8 Å². The molecule has 0 aliphatic carbocycles. The highest BCUT2D eigenvalue weighted by atomic mass is 32.1. The molecule has 0 aliphatic rings. The van der Waals surface area contributed by atoms with Gasteiger partial charge in [0.1, 0.15) is 11.0 Å². The first kappa shape index (κ1) is 34.3. The van der Waals surface area contributed by atoms with E-state index in [1.165, 1.54) is 156 Å². The van der Waals surface area contributed by atoms with Crippen molar-refractivity contribution in [2.24, 2.45) is 11.8 Å². The summed E-state index contributed by atoms with van der Waals surface area (Å²) < 4.78 is 9.66. The van der Waals surface area contributed by atoms with Gasteiger partial charge in [-0.2, -0.15) is 8.75 Å². The summed E-state index contributed by atoms with van der Waals surface area (Å²) >= 11 is 5.22. The Morgan fingerprint density at radius 1 is 0.581 bits per heavy atom. The van der Waals surface area contributed by atoms with Gasteiger partial charge in [-0.15, -0.1) is 22.7 Å². The zero-order valence-corrected chi connectivity index (χ0v) is 30.3. The quantitative estimate of drug-likeness (QED) is 0.0902. The standard InChI is InChI=1S/C38H56N2S3/c1-7-9-11-13-15-17-19-27(3)23-31-25-35(41-29(31)5)33-21-22-34(38-37(33)39-43-40-38)36-26-32(30(6)42-36)24-28(4)20-18-16-14-12-10-8-2/h21-22,25-28H,7-20,23-24H2,1-6H3. The Morgan fingerprint density at radius 3 is 1.40 bits per heavy atom. The number of thiophene rings is 2. The van der Waals surface area contributed by atoms with Crippen molar-refractivity contribution in [3.8, 4) is 20.9 Å². The third kappa shape index (κ3) is 9.96. The first-order chi connectivity index (χ1) is 20.9. The maximum Gasteiger partial charge on any atom is 0.114 e. The topological polar surface area (TPSA) is 25.8 Å². The lowest BCUT2D eigenvalue weighted by Crippen LogP contribution is -2.00. The Labute approximate surface area is 275 Å². The highest BCUT2D eigenvalue weighted by Crippen LogP contribution is 2.41. The molecular formula is C38H56N2S3. The molecule has 43 heavy (non-hydrogen) atoms. The molecule has 0 saturated heterocycles. The van der Waals surface area contributed by atoms with Gasteiger partial charge in [0.15, 0.2) is 0 Å². The van der Waals surface area contributed by atoms with Crippen LogP contribution < -0.4 is 0 Å². The monoisotopic (exact) mass is 636 g/mol. The summed E-state index contributed by atoms with van der Waals surface area (Å²) in [5.41, 5.74) is 7.67. The third-order valence-corrected chi connectivity index (χ3v) is 12.0. The molecule has 0 bridgehead atoms. The Morgan fingerprint density at radius 2 is 0.977 bits per heavy atom. The van der Waals surface area contributed by atoms with Gasteiger partial charge in [0.05, 0.1) is 11.7 Å². The first-order valence-electron chi connectivity index (χ1n) is 17.4. The second-order valence-corrected chi connectivity index (χ2v) is 16.3. The fraction of sp³-hybridized carbons (Fsp3) is 0.632. The fourth-order valence-corrected chi connectivity index (χ4v) is 9.21. The molecule has 0 radical (unpaired) electrons. The minimum atomic E-state index is 0.737. The average molecular weight is 637 g/mol. The van der Waals surface area contributed by atoms with Gasteiger partial charge < -0.3 is 0 Å². The van der Waals surface area contributed by atoms with Crippen LogP contribution in [0.4, 0.5) is 0 Å². The lowest BCUT2D eigenvalue weighted by atomic mass is 9.94. The number of aromatic nitrogens is 2. The summed E-state index contributed by atoms with van der Waals surface area (Å²) in [6, 6.07) is 9.52. The Hall–Kier alpha value is -1.56. The SMILES string of the molecule is CCCCCCCCC(C)Cc1cc(-c2ccc(-c3cc(CC(C)CCCCCCCC)c(C)s3)c3nsnc23)sc1C. The van der Waals surface area contributed by atoms with E-state index in [4.69, 9.17) is 8.75 Å². The molecule has 1 aromatic carbocycles. The van der Waals surface area contributed by atoms with Gasteiger partial charge in [-0.1, -0.05) is 130 Å². The molecule has 0 amide bonds. The average Bonchev–Trinajstić information content (AvgIpc) is 3.71. The van der Waals surface area contributed by atoms with E-state index in [0.717, 1.165) is 22.9 Å². The van der Waals surface area contributed by atoms with Crippen LogP contribution in [0, 0.1) is 25.7 Å². The summed E-state index contributed by atoms with van der Waals surface area (Å²) in [6.45, 7) is 14.1. The van der Waals surface area contributed by atoms with Gasteiger partial charge in [0, 0.05) is 30.6 Å². The van der Waals surface area contributed by atoms with Gasteiger partial charge in [0.25, 0.3) is 0 Å². The normalized spacial score (nSPS) is 13.3. The van der Waals surface area contributed by atoms with E-state index in [9.17, 15) is 0 Å². The Bertz CT molecular complexity index is 1280. The van der Waals surface area contributed by atoms with E-state index in [1.807, 2.05) is 22.7 Å². The molecule has 236 valence electrons. The molecule has 0 N–H and O–H groups in total. The van der Waals surface area contributed by atoms with Crippen molar-refractivity contribution in [1.29, 1.82) is 0 Å². The molecule has 2 unspecified atom stereocenters. The van der Waals surface area contributed by atoms with E-state index in [2.05, 4.69) is 65.8 Å². The number of aryl methyl sites for hydroxylation is 2. The molecule has 2 atom stereocenters. The summed E-state index contributed by atoms with van der Waals surface area (Å²) in [6.07, 6.45) is 21.6. The molecule has 5 heteroatoms. The van der Waals surface area contributed by atoms with Gasteiger partial charge >= 0.3 is 0 Å². The maximum absolute atomic E-state index is 4.83. The van der Waals surface area contributed by atoms with Crippen molar-refractivity contribution in [3.05, 3.63) is 45.1 Å². The molecule has 4 aromatic rings. The predicted octanol–water partition coefficient (Wildman–Crippen LogP) is 13.6. The number of hydrogen-bond acceptors (Lipinski definition) is 5. The molecule has 3 aromatic heterocycles. The minimum Gasteiger partial charge on any atom is -0.172 e. The van der Waals surface area contributed by atoms with Crippen molar-refractivity contribution in [2.45, 2.75) is 144 Å². The van der Waals surface area contributed by atoms with Crippen LogP contribution in [0.15, 0.2) is 24.3 Å². The zero-order chi connectivity index (χ0) is 30.6. The highest BCUT2D eigenvalue weighted by molar-refractivity contribution is 7.16. The molecule has 4 rings (SSSR count). The van der Waals surface area contributed by atoms with Crippen LogP contribution in [0.25, 0.3) is 31.9 Å². The van der Waals surface area contributed by atoms with Crippen molar-refractivity contribution in [1.82, 2.24) is 8.75 Å². The number of unbranched alkanes of at least 4 members (excludes halogenated alkanes) is 10. The number of rotatable bonds is 20. The van der Waals surface area contributed by atoms with Gasteiger partial charge in [0.2, 0.25) is 0 Å². The van der Waals surface area contributed by atoms with Crippen LogP contribution in [0.1, 0.15) is 138 Å². The van der Waals surface area contributed by atoms with Crippen LogP contribution in [-0.2, 0) is 12.8 Å². The van der Waals surface area contributed by atoms with Crippen LogP contribution in [0.3, 0.4) is 0 Å². The summed E-state index contributed by atoms with van der Waals surface area (Å²) in [5, 5.41) is 0. The van der Waals surface area contributed by atoms with E-state index in [0.29, 0.717) is 0 Å². The summed E-state index contributed by atoms with van der Waals surface area (Å²) in [5.74, 6) is 1.47. The predicted molar refractivity (Wildman–Crippen MR) is 195 cm³/mol. The highest BCUT2D eigenvalue weighted by Gasteiger charge is 2.19. The second-order valence-electron chi connectivity index (χ2n) is 13.2. The van der Waals surface area contributed by atoms with Gasteiger partial charge in [-0.3, -0.25) is 0 Å². The van der Waals surface area contributed by atoms with E-state index in [1.54, 1.807) is 0 Å². The third-order valence-electron chi connectivity index (χ3n) is 9.23. The van der Waals surface area contributed by atoms with E-state index >= 15 is 0 Å². The minimum absolute atomic E-state index is 0.737.